The molecule has 1 aliphatic rings. The Morgan fingerprint density at radius 1 is 1.19 bits per heavy atom. The molecule has 5 nitrogen and oxygen atoms in total. The van der Waals surface area contributed by atoms with Crippen LogP contribution in [-0.2, 0) is 17.7 Å². The zero-order chi connectivity index (χ0) is 21.3. The van der Waals surface area contributed by atoms with Gasteiger partial charge in [-0.25, -0.2) is 8.78 Å². The highest BCUT2D eigenvalue weighted by Crippen LogP contribution is 2.22. The highest BCUT2D eigenvalue weighted by atomic mass is 127. The van der Waals surface area contributed by atoms with Crippen LogP contribution in [0.4, 0.5) is 8.78 Å². The van der Waals surface area contributed by atoms with Gasteiger partial charge in [0.05, 0.1) is 13.2 Å². The van der Waals surface area contributed by atoms with Crippen LogP contribution in [0.25, 0.3) is 0 Å². The molecule has 170 valence electrons. The number of nitrogens with one attached hydrogen (secondary N) is 2. The molecule has 1 atom stereocenters. The highest BCUT2D eigenvalue weighted by Gasteiger charge is 2.17. The average Bonchev–Trinajstić information content (AvgIpc) is 3.26. The van der Waals surface area contributed by atoms with Crippen LogP contribution in [0.3, 0.4) is 0 Å². The van der Waals surface area contributed by atoms with Crippen LogP contribution in [0.5, 0.6) is 5.75 Å². The van der Waals surface area contributed by atoms with Gasteiger partial charge in [-0.05, 0) is 43.0 Å². The topological polar surface area (TPSA) is 54.9 Å². The smallest absolute Gasteiger partial charge is 0.191 e. The predicted octanol–water partition coefficient (Wildman–Crippen LogP) is 4.21. The maximum absolute atomic E-state index is 13.8. The van der Waals surface area contributed by atoms with Gasteiger partial charge in [0, 0.05) is 38.2 Å². The van der Waals surface area contributed by atoms with Gasteiger partial charge in [-0.15, -0.1) is 24.0 Å². The summed E-state index contributed by atoms with van der Waals surface area (Å²) in [5, 5.41) is 6.39. The van der Waals surface area contributed by atoms with E-state index >= 15 is 0 Å². The first-order valence-electron chi connectivity index (χ1n) is 10.2. The third kappa shape index (κ3) is 7.60. The Hall–Kier alpha value is -1.94. The molecule has 2 N–H and O–H groups in total. The van der Waals surface area contributed by atoms with Gasteiger partial charge >= 0.3 is 0 Å². The Bertz CT molecular complexity index is 874. The first kappa shape index (κ1) is 25.3. The van der Waals surface area contributed by atoms with E-state index in [4.69, 9.17) is 9.47 Å². The Morgan fingerprint density at radius 2 is 2.03 bits per heavy atom. The number of halogens is 3. The molecule has 0 spiro atoms. The monoisotopic (exact) mass is 545 g/mol. The number of guanidine groups is 1. The maximum atomic E-state index is 13.8. The van der Waals surface area contributed by atoms with E-state index in [1.807, 2.05) is 25.1 Å². The number of ether oxygens (including phenoxy) is 2. The van der Waals surface area contributed by atoms with Crippen LogP contribution in [-0.4, -0.2) is 39.4 Å². The number of hydrogen-bond donors (Lipinski definition) is 2. The number of aryl methyl sites for hydroxylation is 1. The molecule has 0 radical (unpaired) electrons. The van der Waals surface area contributed by atoms with Crippen LogP contribution in [0.1, 0.15) is 23.1 Å². The number of rotatable bonds is 8. The fraction of sp³-hybridized carbons (Fsp3) is 0.435. The molecule has 0 saturated carbocycles. The van der Waals surface area contributed by atoms with Crippen molar-refractivity contribution < 1.29 is 18.3 Å². The summed E-state index contributed by atoms with van der Waals surface area (Å²) in [5.41, 5.74) is 2.50. The largest absolute Gasteiger partial charge is 0.493 e. The first-order chi connectivity index (χ1) is 14.6. The van der Waals surface area contributed by atoms with E-state index in [2.05, 4.69) is 15.6 Å². The molecule has 31 heavy (non-hydrogen) atoms. The number of benzene rings is 2. The van der Waals surface area contributed by atoms with Gasteiger partial charge in [0.2, 0.25) is 0 Å². The average molecular weight is 545 g/mol. The first-order valence-corrected chi connectivity index (χ1v) is 10.2. The van der Waals surface area contributed by atoms with Gasteiger partial charge in [-0.3, -0.25) is 4.99 Å². The Morgan fingerprint density at radius 3 is 2.77 bits per heavy atom. The van der Waals surface area contributed by atoms with Crippen molar-refractivity contribution in [3.8, 4) is 5.75 Å². The van der Waals surface area contributed by atoms with Crippen molar-refractivity contribution in [1.29, 1.82) is 0 Å². The summed E-state index contributed by atoms with van der Waals surface area (Å²) in [6.07, 6.45) is 1.38. The van der Waals surface area contributed by atoms with Crippen molar-refractivity contribution in [3.63, 3.8) is 0 Å². The minimum atomic E-state index is -0.828. The van der Waals surface area contributed by atoms with Crippen LogP contribution in [0.2, 0.25) is 0 Å². The van der Waals surface area contributed by atoms with E-state index in [0.717, 1.165) is 42.6 Å². The van der Waals surface area contributed by atoms with Gasteiger partial charge < -0.3 is 20.1 Å². The molecule has 0 aromatic heterocycles. The van der Waals surface area contributed by atoms with Crippen LogP contribution >= 0.6 is 24.0 Å². The van der Waals surface area contributed by atoms with E-state index in [0.29, 0.717) is 43.6 Å². The Balaban J connectivity index is 0.00000341. The van der Waals surface area contributed by atoms with E-state index in [9.17, 15) is 8.78 Å². The Kier molecular flexibility index (Phi) is 10.5. The van der Waals surface area contributed by atoms with E-state index in [-0.39, 0.29) is 24.0 Å². The molecule has 2 aromatic carbocycles. The molecule has 3 rings (SSSR count). The molecule has 1 unspecified atom stereocenters. The summed E-state index contributed by atoms with van der Waals surface area (Å²) < 4.78 is 38.6. The maximum Gasteiger partial charge on any atom is 0.191 e. The standard InChI is InChI=1S/C23H29F2N3O2.HI/c1-16-6-7-19(21(12-16)30-15-17-9-11-29-14-17)13-28-23(26-2)27-10-8-18-4-3-5-20(24)22(18)25;/h3-7,12,17H,8-11,13-15H2,1-2H3,(H2,26,27,28);1H. The van der Waals surface area contributed by atoms with Crippen molar-refractivity contribution in [2.24, 2.45) is 10.9 Å². The fourth-order valence-corrected chi connectivity index (χ4v) is 3.32. The molecular weight excluding hydrogens is 515 g/mol. The van der Waals surface area contributed by atoms with Crippen molar-refractivity contribution in [3.05, 3.63) is 64.7 Å². The minimum absolute atomic E-state index is 0. The van der Waals surface area contributed by atoms with Crippen LogP contribution in [0, 0.1) is 24.5 Å². The number of aliphatic imine (C=N–C) groups is 1. The second-order valence-corrected chi connectivity index (χ2v) is 7.47. The molecule has 0 bridgehead atoms. The summed E-state index contributed by atoms with van der Waals surface area (Å²) in [5.74, 6) is 0.251. The summed E-state index contributed by atoms with van der Waals surface area (Å²) in [6, 6.07) is 10.3. The molecule has 1 heterocycles. The summed E-state index contributed by atoms with van der Waals surface area (Å²) >= 11 is 0. The third-order valence-corrected chi connectivity index (χ3v) is 5.11. The third-order valence-electron chi connectivity index (χ3n) is 5.11. The minimum Gasteiger partial charge on any atom is -0.493 e. The van der Waals surface area contributed by atoms with Gasteiger partial charge in [-0.1, -0.05) is 24.3 Å². The molecular formula is C23H30F2IN3O2. The molecule has 1 aliphatic heterocycles. The highest BCUT2D eigenvalue weighted by molar-refractivity contribution is 14.0. The van der Waals surface area contributed by atoms with E-state index in [1.54, 1.807) is 13.1 Å². The molecule has 0 amide bonds. The Labute approximate surface area is 199 Å². The van der Waals surface area contributed by atoms with Gasteiger partial charge in [-0.2, -0.15) is 0 Å². The van der Waals surface area contributed by atoms with Gasteiger partial charge in [0.1, 0.15) is 5.75 Å². The zero-order valence-electron chi connectivity index (χ0n) is 17.9. The zero-order valence-corrected chi connectivity index (χ0v) is 20.2. The lowest BCUT2D eigenvalue weighted by molar-refractivity contribution is 0.166. The van der Waals surface area contributed by atoms with Crippen molar-refractivity contribution in [1.82, 2.24) is 10.6 Å². The molecule has 0 aliphatic carbocycles. The molecule has 1 saturated heterocycles. The number of nitrogens with zero attached hydrogens (tertiary/aromatic N) is 1. The predicted molar refractivity (Wildman–Crippen MR) is 129 cm³/mol. The van der Waals surface area contributed by atoms with Crippen LogP contribution < -0.4 is 15.4 Å². The second kappa shape index (κ2) is 12.8. The van der Waals surface area contributed by atoms with E-state index in [1.165, 1.54) is 6.07 Å². The van der Waals surface area contributed by atoms with E-state index < -0.39 is 11.6 Å². The van der Waals surface area contributed by atoms with Gasteiger partial charge in [0.25, 0.3) is 0 Å². The summed E-state index contributed by atoms with van der Waals surface area (Å²) in [7, 11) is 1.67. The molecule has 8 heteroatoms. The SMILES string of the molecule is CN=C(NCCc1cccc(F)c1F)NCc1ccc(C)cc1OCC1CCOC1.I. The lowest BCUT2D eigenvalue weighted by Crippen LogP contribution is -2.38. The quantitative estimate of drug-likeness (QED) is 0.297. The normalized spacial score (nSPS) is 16.0. The second-order valence-electron chi connectivity index (χ2n) is 7.47. The fourth-order valence-electron chi connectivity index (χ4n) is 3.32. The summed E-state index contributed by atoms with van der Waals surface area (Å²) in [4.78, 5) is 4.20. The van der Waals surface area contributed by atoms with Crippen LogP contribution in [0.15, 0.2) is 41.4 Å². The summed E-state index contributed by atoms with van der Waals surface area (Å²) in [6.45, 7) is 5.20. The molecule has 2 aromatic rings. The van der Waals surface area contributed by atoms with Crippen molar-refractivity contribution in [2.45, 2.75) is 26.3 Å². The van der Waals surface area contributed by atoms with Crippen molar-refractivity contribution in [2.75, 3.05) is 33.4 Å². The molecule has 1 fully saturated rings. The van der Waals surface area contributed by atoms with Gasteiger partial charge in [0.15, 0.2) is 17.6 Å². The number of hydrogen-bond acceptors (Lipinski definition) is 3. The lowest BCUT2D eigenvalue weighted by atomic mass is 10.1. The lowest BCUT2D eigenvalue weighted by Gasteiger charge is -2.17. The van der Waals surface area contributed by atoms with Crippen molar-refractivity contribution >= 4 is 29.9 Å².